The molecule has 3 nitrogen and oxygen atoms in total. The first kappa shape index (κ1) is 20.1. The molecule has 1 rings (SSSR count). The number of halogens is 3. The van der Waals surface area contributed by atoms with Gasteiger partial charge < -0.3 is 9.33 Å². The van der Waals surface area contributed by atoms with Gasteiger partial charge in [-0.05, 0) is 31.3 Å². The molecule has 0 N–H and O–H groups in total. The second-order valence-electron chi connectivity index (χ2n) is 6.16. The van der Waals surface area contributed by atoms with Crippen LogP contribution in [0.15, 0.2) is 12.1 Å². The summed E-state index contributed by atoms with van der Waals surface area (Å²) >= 11 is 5.50. The molecule has 0 aliphatic carbocycles. The van der Waals surface area contributed by atoms with Crippen LogP contribution < -0.4 is 0 Å². The minimum Gasteiger partial charge on any atom is -0.416 e. The molecule has 0 unspecified atom stereocenters. The molecule has 0 spiro atoms. The van der Waals surface area contributed by atoms with Gasteiger partial charge in [-0.1, -0.05) is 31.4 Å². The summed E-state index contributed by atoms with van der Waals surface area (Å²) in [6.45, 7) is 7.17. The zero-order valence-corrected chi connectivity index (χ0v) is 15.8. The normalized spacial score (nSPS) is 11.6. The Hall–Kier alpha value is -0.983. The third-order valence-electron chi connectivity index (χ3n) is 3.66. The lowest BCUT2D eigenvalue weighted by Gasteiger charge is -2.25. The molecule has 1 aromatic rings. The van der Waals surface area contributed by atoms with E-state index in [0.29, 0.717) is 13.2 Å². The van der Waals surface area contributed by atoms with Crippen LogP contribution in [0.2, 0.25) is 24.2 Å². The number of carbonyl (C=O) groups is 1. The third kappa shape index (κ3) is 5.86. The minimum atomic E-state index is -1.72. The van der Waals surface area contributed by atoms with Crippen LogP contribution in [0.1, 0.15) is 30.1 Å². The average molecular weight is 364 g/mol. The van der Waals surface area contributed by atoms with E-state index < -0.39 is 30.9 Å². The van der Waals surface area contributed by atoms with Crippen molar-refractivity contribution in [3.63, 3.8) is 0 Å². The number of rotatable bonds is 8. The van der Waals surface area contributed by atoms with Crippen molar-refractivity contribution in [1.29, 1.82) is 0 Å². The lowest BCUT2D eigenvalue weighted by molar-refractivity contribution is 0.0766. The lowest BCUT2D eigenvalue weighted by atomic mass is 10.2. The van der Waals surface area contributed by atoms with Gasteiger partial charge >= 0.3 is 0 Å². The Balaban J connectivity index is 2.60. The van der Waals surface area contributed by atoms with Crippen LogP contribution >= 0.6 is 11.6 Å². The molecule has 0 radical (unpaired) electrons. The zero-order chi connectivity index (χ0) is 17.6. The van der Waals surface area contributed by atoms with E-state index in [1.807, 2.05) is 0 Å². The van der Waals surface area contributed by atoms with E-state index in [2.05, 4.69) is 20.0 Å². The van der Waals surface area contributed by atoms with Crippen molar-refractivity contribution in [3.05, 3.63) is 34.4 Å². The summed E-state index contributed by atoms with van der Waals surface area (Å²) in [5, 5.41) is -0.659. The predicted octanol–water partition coefficient (Wildman–Crippen LogP) is 4.71. The molecule has 0 saturated heterocycles. The number of nitrogens with zero attached hydrogens (tertiary/aromatic N) is 1. The van der Waals surface area contributed by atoms with Crippen LogP contribution in [0.3, 0.4) is 0 Å². The predicted molar refractivity (Wildman–Crippen MR) is 91.5 cm³/mol. The maximum absolute atomic E-state index is 13.9. The summed E-state index contributed by atoms with van der Waals surface area (Å²) in [5.41, 5.74) is -0.235. The molecule has 0 bridgehead atoms. The summed E-state index contributed by atoms with van der Waals surface area (Å²) in [6, 6.07) is 3.17. The molecule has 0 aliphatic rings. The fourth-order valence-corrected chi connectivity index (χ4v) is 4.29. The highest BCUT2D eigenvalue weighted by atomic mass is 35.5. The van der Waals surface area contributed by atoms with Crippen LogP contribution in [0.5, 0.6) is 0 Å². The molecule has 1 amide bonds. The van der Waals surface area contributed by atoms with Crippen molar-refractivity contribution in [2.24, 2.45) is 0 Å². The standard InChI is InChI=1S/C16H24ClF2NO2Si/c1-5-6-11-23(3,4)22-10-9-20(2)16(21)12-7-8-13(18)14(17)15(12)19/h7-8H,5-6,9-11H2,1-4H3. The van der Waals surface area contributed by atoms with Gasteiger partial charge in [-0.2, -0.15) is 0 Å². The van der Waals surface area contributed by atoms with E-state index in [0.717, 1.165) is 31.0 Å². The monoisotopic (exact) mass is 363 g/mol. The molecule has 0 heterocycles. The maximum Gasteiger partial charge on any atom is 0.256 e. The number of hydrogen-bond acceptors (Lipinski definition) is 2. The fraction of sp³-hybridized carbons (Fsp3) is 0.562. The van der Waals surface area contributed by atoms with Crippen LogP contribution in [0, 0.1) is 11.6 Å². The number of unbranched alkanes of at least 4 members (excludes halogenated alkanes) is 1. The Bertz CT molecular complexity index is 555. The molecule has 0 aliphatic heterocycles. The van der Waals surface area contributed by atoms with Gasteiger partial charge in [0, 0.05) is 13.6 Å². The summed E-state index contributed by atoms with van der Waals surface area (Å²) in [6.07, 6.45) is 2.26. The van der Waals surface area contributed by atoms with Crippen LogP contribution in [0.25, 0.3) is 0 Å². The highest BCUT2D eigenvalue weighted by Gasteiger charge is 2.23. The van der Waals surface area contributed by atoms with Crippen LogP contribution in [-0.4, -0.2) is 39.3 Å². The number of amides is 1. The van der Waals surface area contributed by atoms with Gasteiger partial charge in [0.15, 0.2) is 14.1 Å². The van der Waals surface area contributed by atoms with Crippen LogP contribution in [0.4, 0.5) is 8.78 Å². The van der Waals surface area contributed by atoms with E-state index >= 15 is 0 Å². The number of carbonyl (C=O) groups excluding carboxylic acids is 1. The van der Waals surface area contributed by atoms with Gasteiger partial charge in [-0.25, -0.2) is 8.78 Å². The Kier molecular flexibility index (Phi) is 7.64. The highest BCUT2D eigenvalue weighted by Crippen LogP contribution is 2.22. The molecular formula is C16H24ClF2NO2Si. The van der Waals surface area contributed by atoms with Crippen LogP contribution in [-0.2, 0) is 4.43 Å². The van der Waals surface area contributed by atoms with E-state index in [4.69, 9.17) is 16.0 Å². The van der Waals surface area contributed by atoms with Crippen molar-refractivity contribution >= 4 is 25.8 Å². The molecule has 1 aromatic carbocycles. The Morgan fingerprint density at radius 2 is 2.00 bits per heavy atom. The van der Waals surface area contributed by atoms with Crippen molar-refractivity contribution < 1.29 is 18.0 Å². The Morgan fingerprint density at radius 3 is 2.61 bits per heavy atom. The first-order valence-electron chi connectivity index (χ1n) is 7.72. The number of likely N-dealkylation sites (N-methyl/N-ethyl adjacent to an activating group) is 1. The number of benzene rings is 1. The molecular weight excluding hydrogens is 340 g/mol. The first-order valence-corrected chi connectivity index (χ1v) is 11.2. The molecule has 0 atom stereocenters. The Morgan fingerprint density at radius 1 is 1.35 bits per heavy atom. The Labute approximate surface area is 142 Å². The first-order chi connectivity index (χ1) is 10.7. The van der Waals surface area contributed by atoms with E-state index in [9.17, 15) is 13.6 Å². The molecule has 23 heavy (non-hydrogen) atoms. The summed E-state index contributed by atoms with van der Waals surface area (Å²) in [5.74, 6) is -2.45. The highest BCUT2D eigenvalue weighted by molar-refractivity contribution is 6.71. The summed E-state index contributed by atoms with van der Waals surface area (Å²) in [7, 11) is -0.157. The molecule has 7 heteroatoms. The largest absolute Gasteiger partial charge is 0.416 e. The fourth-order valence-electron chi connectivity index (χ4n) is 2.13. The summed E-state index contributed by atoms with van der Waals surface area (Å²) in [4.78, 5) is 13.6. The van der Waals surface area contributed by atoms with Crippen molar-refractivity contribution in [2.75, 3.05) is 20.2 Å². The van der Waals surface area contributed by atoms with Gasteiger partial charge in [-0.3, -0.25) is 4.79 Å². The van der Waals surface area contributed by atoms with Gasteiger partial charge in [0.1, 0.15) is 10.8 Å². The van der Waals surface area contributed by atoms with E-state index in [1.54, 1.807) is 7.05 Å². The average Bonchev–Trinajstić information content (AvgIpc) is 2.50. The molecule has 0 fully saturated rings. The molecule has 130 valence electrons. The second kappa shape index (κ2) is 8.75. The van der Waals surface area contributed by atoms with Gasteiger partial charge in [0.2, 0.25) is 0 Å². The SMILES string of the molecule is CCCC[Si](C)(C)OCCN(C)C(=O)c1ccc(F)c(Cl)c1F. The smallest absolute Gasteiger partial charge is 0.256 e. The van der Waals surface area contributed by atoms with Crippen molar-refractivity contribution in [1.82, 2.24) is 4.90 Å². The van der Waals surface area contributed by atoms with Gasteiger partial charge in [0.05, 0.1) is 12.2 Å². The quantitative estimate of drug-likeness (QED) is 0.494. The van der Waals surface area contributed by atoms with E-state index in [-0.39, 0.29) is 5.56 Å². The van der Waals surface area contributed by atoms with Gasteiger partial charge in [-0.15, -0.1) is 0 Å². The van der Waals surface area contributed by atoms with Gasteiger partial charge in [0.25, 0.3) is 5.91 Å². The summed E-state index contributed by atoms with van der Waals surface area (Å²) < 4.78 is 33.0. The minimum absolute atomic E-state index is 0.235. The van der Waals surface area contributed by atoms with E-state index in [1.165, 1.54) is 4.90 Å². The second-order valence-corrected chi connectivity index (χ2v) is 10.8. The van der Waals surface area contributed by atoms with Crippen molar-refractivity contribution in [2.45, 2.75) is 38.9 Å². The maximum atomic E-state index is 13.9. The lowest BCUT2D eigenvalue weighted by Crippen LogP contribution is -2.36. The topological polar surface area (TPSA) is 29.5 Å². The number of hydrogen-bond donors (Lipinski definition) is 0. The molecule has 0 saturated carbocycles. The third-order valence-corrected chi connectivity index (χ3v) is 6.55. The zero-order valence-electron chi connectivity index (χ0n) is 14.1. The molecule has 0 aromatic heterocycles. The van der Waals surface area contributed by atoms with Crippen molar-refractivity contribution in [3.8, 4) is 0 Å².